The number of nitrogens with zero attached hydrogens (tertiary/aromatic N) is 2. The molecule has 0 aliphatic carbocycles. The van der Waals surface area contributed by atoms with Crippen LogP contribution in [0.5, 0.6) is 5.75 Å². The lowest BCUT2D eigenvalue weighted by Gasteiger charge is -2.18. The second-order valence-corrected chi connectivity index (χ2v) is 6.61. The topological polar surface area (TPSA) is 54.5 Å². The van der Waals surface area contributed by atoms with Crippen molar-refractivity contribution < 1.29 is 9.53 Å². The van der Waals surface area contributed by atoms with Crippen molar-refractivity contribution in [2.24, 2.45) is 0 Å². The Labute approximate surface area is 152 Å². The van der Waals surface area contributed by atoms with Gasteiger partial charge in [0.15, 0.2) is 0 Å². The molecule has 0 radical (unpaired) electrons. The molecule has 1 unspecified atom stereocenters. The van der Waals surface area contributed by atoms with Crippen molar-refractivity contribution in [3.63, 3.8) is 0 Å². The number of hydrogen-bond donors (Lipinski definition) is 1. The fraction of sp³-hybridized carbons (Fsp3) is 0.238. The molecule has 132 valence electrons. The molecule has 2 aromatic carbocycles. The maximum Gasteiger partial charge on any atom is 0.321 e. The number of amides is 2. The van der Waals surface area contributed by atoms with Gasteiger partial charge in [0.2, 0.25) is 0 Å². The Bertz CT molecular complexity index is 936. The number of fused-ring (bicyclic) bond motifs is 1. The number of pyridine rings is 1. The van der Waals surface area contributed by atoms with E-state index in [9.17, 15) is 4.79 Å². The number of rotatable bonds is 3. The lowest BCUT2D eigenvalue weighted by molar-refractivity contribution is 0.196. The number of anilines is 1. The number of hydrogen-bond acceptors (Lipinski definition) is 3. The number of carbonyl (C=O) groups is 1. The number of carbonyl (C=O) groups excluding carboxylic acids is 1. The Morgan fingerprint density at radius 3 is 2.92 bits per heavy atom. The zero-order valence-electron chi connectivity index (χ0n) is 14.7. The largest absolute Gasteiger partial charge is 0.486 e. The summed E-state index contributed by atoms with van der Waals surface area (Å²) in [5, 5.41) is 4.01. The first-order chi connectivity index (χ1) is 12.7. The van der Waals surface area contributed by atoms with E-state index < -0.39 is 0 Å². The maximum absolute atomic E-state index is 12.5. The average molecular weight is 347 g/mol. The summed E-state index contributed by atoms with van der Waals surface area (Å²) in [6.45, 7) is 3.26. The summed E-state index contributed by atoms with van der Waals surface area (Å²) in [5.74, 6) is 0.772. The maximum atomic E-state index is 12.5. The van der Waals surface area contributed by atoms with Gasteiger partial charge in [0.1, 0.15) is 17.4 Å². The number of aromatic nitrogens is 1. The van der Waals surface area contributed by atoms with Crippen LogP contribution < -0.4 is 10.1 Å². The van der Waals surface area contributed by atoms with E-state index in [1.54, 1.807) is 11.1 Å². The molecule has 2 amide bonds. The molecule has 1 N–H and O–H groups in total. The predicted molar refractivity (Wildman–Crippen MR) is 103 cm³/mol. The molecule has 5 nitrogen and oxygen atoms in total. The normalized spacial score (nSPS) is 16.7. The van der Waals surface area contributed by atoms with Crippen LogP contribution in [0, 0.1) is 6.92 Å². The summed E-state index contributed by atoms with van der Waals surface area (Å²) in [5.41, 5.74) is 2.80. The zero-order valence-corrected chi connectivity index (χ0v) is 14.7. The Kier molecular flexibility index (Phi) is 4.44. The Hall–Kier alpha value is -3.08. The van der Waals surface area contributed by atoms with Gasteiger partial charge in [-0.3, -0.25) is 4.98 Å². The highest BCUT2D eigenvalue weighted by molar-refractivity contribution is 5.89. The summed E-state index contributed by atoms with van der Waals surface area (Å²) in [6.07, 6.45) is 2.56. The van der Waals surface area contributed by atoms with Gasteiger partial charge in [0, 0.05) is 30.2 Å². The first kappa shape index (κ1) is 16.4. The molecule has 0 spiro atoms. The minimum atomic E-state index is -0.0854. The molecule has 5 heteroatoms. The van der Waals surface area contributed by atoms with Crippen LogP contribution in [-0.2, 0) is 0 Å². The van der Waals surface area contributed by atoms with Gasteiger partial charge in [-0.2, -0.15) is 0 Å². The van der Waals surface area contributed by atoms with Crippen LogP contribution in [0.1, 0.15) is 12.0 Å². The van der Waals surface area contributed by atoms with Gasteiger partial charge >= 0.3 is 6.03 Å². The molecule has 3 aromatic rings. The van der Waals surface area contributed by atoms with Gasteiger partial charge in [0.25, 0.3) is 0 Å². The highest BCUT2D eigenvalue weighted by Crippen LogP contribution is 2.26. The van der Waals surface area contributed by atoms with Gasteiger partial charge in [-0.15, -0.1) is 0 Å². The summed E-state index contributed by atoms with van der Waals surface area (Å²) in [4.78, 5) is 18.7. The standard InChI is InChI=1S/C21H21N3O2/c1-15-5-2-8-17(13-15)23-21(25)24-12-10-18(14-24)26-19-9-3-6-16-7-4-11-22-20(16)19/h2-9,11,13,18H,10,12,14H2,1H3,(H,23,25). The van der Waals surface area contributed by atoms with Crippen LogP contribution in [0.2, 0.25) is 0 Å². The second kappa shape index (κ2) is 7.04. The highest BCUT2D eigenvalue weighted by atomic mass is 16.5. The molecule has 0 bridgehead atoms. The average Bonchev–Trinajstić information content (AvgIpc) is 3.11. The molecule has 1 atom stereocenters. The molecular weight excluding hydrogens is 326 g/mol. The SMILES string of the molecule is Cc1cccc(NC(=O)N2CCC(Oc3cccc4cccnc34)C2)c1. The number of ether oxygens (including phenoxy) is 1. The molecule has 1 aromatic heterocycles. The van der Waals surface area contributed by atoms with E-state index in [2.05, 4.69) is 10.3 Å². The molecular formula is C21H21N3O2. The summed E-state index contributed by atoms with van der Waals surface area (Å²) in [7, 11) is 0. The van der Waals surface area contributed by atoms with Crippen LogP contribution in [0.25, 0.3) is 10.9 Å². The Morgan fingerprint density at radius 2 is 2.04 bits per heavy atom. The van der Waals surface area contributed by atoms with Crippen LogP contribution in [0.3, 0.4) is 0 Å². The van der Waals surface area contributed by atoms with E-state index >= 15 is 0 Å². The van der Waals surface area contributed by atoms with Crippen molar-refractivity contribution in [1.82, 2.24) is 9.88 Å². The van der Waals surface area contributed by atoms with E-state index in [4.69, 9.17) is 4.74 Å². The number of likely N-dealkylation sites (tertiary alicyclic amines) is 1. The van der Waals surface area contributed by atoms with Gasteiger partial charge in [-0.25, -0.2) is 4.79 Å². The van der Waals surface area contributed by atoms with Crippen molar-refractivity contribution in [3.8, 4) is 5.75 Å². The van der Waals surface area contributed by atoms with Crippen molar-refractivity contribution >= 4 is 22.6 Å². The van der Waals surface area contributed by atoms with Crippen molar-refractivity contribution in [3.05, 3.63) is 66.4 Å². The summed E-state index contributed by atoms with van der Waals surface area (Å²) >= 11 is 0. The van der Waals surface area contributed by atoms with Crippen LogP contribution in [0.15, 0.2) is 60.8 Å². The Morgan fingerprint density at radius 1 is 1.19 bits per heavy atom. The lowest BCUT2D eigenvalue weighted by Crippen LogP contribution is -2.34. The van der Waals surface area contributed by atoms with Gasteiger partial charge < -0.3 is 15.0 Å². The van der Waals surface area contributed by atoms with Crippen LogP contribution >= 0.6 is 0 Å². The molecule has 1 aliphatic heterocycles. The molecule has 2 heterocycles. The third kappa shape index (κ3) is 3.47. The van der Waals surface area contributed by atoms with Crippen molar-refractivity contribution in [1.29, 1.82) is 0 Å². The number of aryl methyl sites for hydroxylation is 1. The second-order valence-electron chi connectivity index (χ2n) is 6.61. The first-order valence-electron chi connectivity index (χ1n) is 8.82. The quantitative estimate of drug-likeness (QED) is 0.771. The van der Waals surface area contributed by atoms with E-state index in [0.29, 0.717) is 13.1 Å². The molecule has 1 aliphatic rings. The summed E-state index contributed by atoms with van der Waals surface area (Å²) in [6, 6.07) is 17.6. The first-order valence-corrected chi connectivity index (χ1v) is 8.82. The minimum absolute atomic E-state index is 0.0223. The smallest absolute Gasteiger partial charge is 0.321 e. The van der Waals surface area contributed by atoms with E-state index in [1.165, 1.54) is 0 Å². The molecule has 1 saturated heterocycles. The number of urea groups is 1. The van der Waals surface area contributed by atoms with Crippen LogP contribution in [0.4, 0.5) is 10.5 Å². The van der Waals surface area contributed by atoms with E-state index in [0.717, 1.165) is 34.3 Å². The minimum Gasteiger partial charge on any atom is -0.486 e. The fourth-order valence-electron chi connectivity index (χ4n) is 3.29. The third-order valence-electron chi connectivity index (χ3n) is 4.59. The predicted octanol–water partition coefficient (Wildman–Crippen LogP) is 4.23. The van der Waals surface area contributed by atoms with E-state index in [1.807, 2.05) is 61.5 Å². The van der Waals surface area contributed by atoms with E-state index in [-0.39, 0.29) is 12.1 Å². The number of benzene rings is 2. The summed E-state index contributed by atoms with van der Waals surface area (Å²) < 4.78 is 6.15. The van der Waals surface area contributed by atoms with Gasteiger partial charge in [-0.1, -0.05) is 30.3 Å². The molecule has 26 heavy (non-hydrogen) atoms. The monoisotopic (exact) mass is 347 g/mol. The Balaban J connectivity index is 1.41. The van der Waals surface area contributed by atoms with Crippen molar-refractivity contribution in [2.45, 2.75) is 19.4 Å². The van der Waals surface area contributed by atoms with Crippen molar-refractivity contribution in [2.75, 3.05) is 18.4 Å². The number of para-hydroxylation sites is 1. The fourth-order valence-corrected chi connectivity index (χ4v) is 3.29. The zero-order chi connectivity index (χ0) is 17.9. The molecule has 4 rings (SSSR count). The highest BCUT2D eigenvalue weighted by Gasteiger charge is 2.28. The molecule has 1 fully saturated rings. The number of nitrogens with one attached hydrogen (secondary N) is 1. The third-order valence-corrected chi connectivity index (χ3v) is 4.59. The van der Waals surface area contributed by atoms with Crippen LogP contribution in [-0.4, -0.2) is 35.1 Å². The lowest BCUT2D eigenvalue weighted by atomic mass is 10.2. The van der Waals surface area contributed by atoms with Gasteiger partial charge in [0.05, 0.1) is 6.54 Å². The van der Waals surface area contributed by atoms with Gasteiger partial charge in [-0.05, 0) is 36.8 Å². The molecule has 0 saturated carbocycles.